The summed E-state index contributed by atoms with van der Waals surface area (Å²) in [4.78, 5) is 28.8. The van der Waals surface area contributed by atoms with E-state index < -0.39 is 0 Å². The number of benzene rings is 1. The van der Waals surface area contributed by atoms with Crippen LogP contribution in [0, 0.1) is 11.7 Å². The number of piperidine rings is 2. The van der Waals surface area contributed by atoms with Crippen molar-refractivity contribution in [3.63, 3.8) is 0 Å². The van der Waals surface area contributed by atoms with Crippen LogP contribution >= 0.6 is 0 Å². The Morgan fingerprint density at radius 3 is 2.32 bits per heavy atom. The van der Waals surface area contributed by atoms with Crippen LogP contribution in [-0.2, 0) is 16.0 Å². The van der Waals surface area contributed by atoms with Gasteiger partial charge in [-0.25, -0.2) is 4.39 Å². The molecular weight excluding hydrogens is 319 g/mol. The standard InChI is InChI=1S/C20H27FN2O2/c21-18-7-3-2-6-16(18)8-9-19(24)22-14-10-17(11-15-22)20(25)23-12-4-1-5-13-23/h2-3,6-7,17H,1,4-5,8-15H2. The topological polar surface area (TPSA) is 40.6 Å². The summed E-state index contributed by atoms with van der Waals surface area (Å²) in [6, 6.07) is 6.61. The van der Waals surface area contributed by atoms with Gasteiger partial charge in [0.1, 0.15) is 5.82 Å². The molecule has 0 bridgehead atoms. The van der Waals surface area contributed by atoms with E-state index in [0.717, 1.165) is 38.8 Å². The summed E-state index contributed by atoms with van der Waals surface area (Å²) in [5.74, 6) is 0.153. The predicted molar refractivity (Wildman–Crippen MR) is 94.5 cm³/mol. The summed E-state index contributed by atoms with van der Waals surface area (Å²) in [5, 5.41) is 0. The van der Waals surface area contributed by atoms with Gasteiger partial charge in [-0.2, -0.15) is 0 Å². The van der Waals surface area contributed by atoms with Crippen LogP contribution < -0.4 is 0 Å². The molecular formula is C20H27FN2O2. The second-order valence-corrected chi connectivity index (χ2v) is 7.13. The number of halogens is 1. The number of carbonyl (C=O) groups is 2. The number of amides is 2. The number of nitrogens with zero attached hydrogens (tertiary/aromatic N) is 2. The third-order valence-electron chi connectivity index (χ3n) is 5.43. The van der Waals surface area contributed by atoms with Gasteiger partial charge in [0, 0.05) is 38.5 Å². The first-order valence-corrected chi connectivity index (χ1v) is 9.45. The molecule has 2 heterocycles. The molecule has 2 amide bonds. The number of carbonyl (C=O) groups excluding carboxylic acids is 2. The molecule has 3 rings (SSSR count). The van der Waals surface area contributed by atoms with E-state index in [2.05, 4.69) is 0 Å². The molecule has 0 radical (unpaired) electrons. The SMILES string of the molecule is O=C(CCc1ccccc1F)N1CCC(C(=O)N2CCCCC2)CC1. The Labute approximate surface area is 149 Å². The molecule has 4 nitrogen and oxygen atoms in total. The first-order valence-electron chi connectivity index (χ1n) is 9.45. The molecule has 5 heteroatoms. The lowest BCUT2D eigenvalue weighted by atomic mass is 9.94. The van der Waals surface area contributed by atoms with Gasteiger partial charge >= 0.3 is 0 Å². The summed E-state index contributed by atoms with van der Waals surface area (Å²) in [6.07, 6.45) is 5.70. The van der Waals surface area contributed by atoms with Gasteiger partial charge in [0.2, 0.25) is 11.8 Å². The Kier molecular flexibility index (Phi) is 6.05. The Morgan fingerprint density at radius 2 is 1.64 bits per heavy atom. The fourth-order valence-electron chi connectivity index (χ4n) is 3.85. The first-order chi connectivity index (χ1) is 12.1. The zero-order chi connectivity index (χ0) is 17.6. The third-order valence-corrected chi connectivity index (χ3v) is 5.43. The normalized spacial score (nSPS) is 19.1. The van der Waals surface area contributed by atoms with Crippen LogP contribution in [0.4, 0.5) is 4.39 Å². The minimum absolute atomic E-state index is 0.0622. The van der Waals surface area contributed by atoms with E-state index in [-0.39, 0.29) is 23.5 Å². The highest BCUT2D eigenvalue weighted by atomic mass is 19.1. The number of likely N-dealkylation sites (tertiary alicyclic amines) is 2. The quantitative estimate of drug-likeness (QED) is 0.841. The van der Waals surface area contributed by atoms with Crippen LogP contribution in [0.2, 0.25) is 0 Å². The van der Waals surface area contributed by atoms with Gasteiger partial charge < -0.3 is 9.80 Å². The van der Waals surface area contributed by atoms with E-state index in [4.69, 9.17) is 0 Å². The average molecular weight is 346 g/mol. The molecule has 0 saturated carbocycles. The first kappa shape index (κ1) is 17.9. The molecule has 0 atom stereocenters. The van der Waals surface area contributed by atoms with Crippen molar-refractivity contribution in [1.29, 1.82) is 0 Å². The molecule has 2 saturated heterocycles. The number of aryl methyl sites for hydroxylation is 1. The van der Waals surface area contributed by atoms with Gasteiger partial charge in [0.15, 0.2) is 0 Å². The maximum atomic E-state index is 13.6. The number of hydrogen-bond donors (Lipinski definition) is 0. The Morgan fingerprint density at radius 1 is 0.960 bits per heavy atom. The fraction of sp³-hybridized carbons (Fsp3) is 0.600. The molecule has 0 N–H and O–H groups in total. The minimum Gasteiger partial charge on any atom is -0.343 e. The van der Waals surface area contributed by atoms with Gasteiger partial charge in [-0.1, -0.05) is 18.2 Å². The largest absolute Gasteiger partial charge is 0.343 e. The minimum atomic E-state index is -0.249. The monoisotopic (exact) mass is 346 g/mol. The summed E-state index contributed by atoms with van der Waals surface area (Å²) < 4.78 is 13.6. The highest BCUT2D eigenvalue weighted by Crippen LogP contribution is 2.22. The van der Waals surface area contributed by atoms with E-state index in [1.165, 1.54) is 12.5 Å². The smallest absolute Gasteiger partial charge is 0.225 e. The van der Waals surface area contributed by atoms with Crippen molar-refractivity contribution in [3.8, 4) is 0 Å². The lowest BCUT2D eigenvalue weighted by Gasteiger charge is -2.35. The van der Waals surface area contributed by atoms with Crippen molar-refractivity contribution < 1.29 is 14.0 Å². The molecule has 0 unspecified atom stereocenters. The van der Waals surface area contributed by atoms with E-state index in [9.17, 15) is 14.0 Å². The van der Waals surface area contributed by atoms with Crippen molar-refractivity contribution in [2.24, 2.45) is 5.92 Å². The van der Waals surface area contributed by atoms with Gasteiger partial charge in [-0.15, -0.1) is 0 Å². The van der Waals surface area contributed by atoms with Crippen molar-refractivity contribution in [3.05, 3.63) is 35.6 Å². The Bertz CT molecular complexity index is 605. The van der Waals surface area contributed by atoms with Crippen LogP contribution in [0.25, 0.3) is 0 Å². The molecule has 0 aromatic heterocycles. The predicted octanol–water partition coefficient (Wildman–Crippen LogP) is 3.01. The fourth-order valence-corrected chi connectivity index (χ4v) is 3.85. The highest BCUT2D eigenvalue weighted by molar-refractivity contribution is 5.80. The van der Waals surface area contributed by atoms with Crippen LogP contribution in [-0.4, -0.2) is 47.8 Å². The van der Waals surface area contributed by atoms with Gasteiger partial charge in [0.05, 0.1) is 0 Å². The van der Waals surface area contributed by atoms with E-state index in [1.807, 2.05) is 9.80 Å². The average Bonchev–Trinajstić information content (AvgIpc) is 2.67. The third kappa shape index (κ3) is 4.59. The molecule has 2 aliphatic rings. The molecule has 2 aliphatic heterocycles. The summed E-state index contributed by atoms with van der Waals surface area (Å²) in [5.41, 5.74) is 0.589. The second-order valence-electron chi connectivity index (χ2n) is 7.13. The van der Waals surface area contributed by atoms with Crippen LogP contribution in [0.1, 0.15) is 44.1 Å². The van der Waals surface area contributed by atoms with Crippen LogP contribution in [0.5, 0.6) is 0 Å². The van der Waals surface area contributed by atoms with Crippen LogP contribution in [0.3, 0.4) is 0 Å². The Hall–Kier alpha value is -1.91. The van der Waals surface area contributed by atoms with E-state index in [0.29, 0.717) is 31.5 Å². The molecule has 25 heavy (non-hydrogen) atoms. The Balaban J connectivity index is 1.44. The maximum absolute atomic E-state index is 13.6. The zero-order valence-corrected chi connectivity index (χ0v) is 14.8. The number of hydrogen-bond acceptors (Lipinski definition) is 2. The van der Waals surface area contributed by atoms with Gasteiger partial charge in [0.25, 0.3) is 0 Å². The summed E-state index contributed by atoms with van der Waals surface area (Å²) in [7, 11) is 0. The lowest BCUT2D eigenvalue weighted by molar-refractivity contribution is -0.141. The van der Waals surface area contributed by atoms with E-state index >= 15 is 0 Å². The van der Waals surface area contributed by atoms with E-state index in [1.54, 1.807) is 18.2 Å². The molecule has 0 spiro atoms. The lowest BCUT2D eigenvalue weighted by Crippen LogP contribution is -2.45. The van der Waals surface area contributed by atoms with Crippen LogP contribution in [0.15, 0.2) is 24.3 Å². The van der Waals surface area contributed by atoms with Gasteiger partial charge in [-0.05, 0) is 50.2 Å². The van der Waals surface area contributed by atoms with Gasteiger partial charge in [-0.3, -0.25) is 9.59 Å². The molecule has 1 aromatic carbocycles. The van der Waals surface area contributed by atoms with Crippen molar-refractivity contribution in [2.45, 2.75) is 44.9 Å². The number of rotatable bonds is 4. The molecule has 1 aromatic rings. The van der Waals surface area contributed by atoms with Crippen molar-refractivity contribution in [1.82, 2.24) is 9.80 Å². The van der Waals surface area contributed by atoms with Crippen molar-refractivity contribution in [2.75, 3.05) is 26.2 Å². The molecule has 136 valence electrons. The zero-order valence-electron chi connectivity index (χ0n) is 14.8. The summed E-state index contributed by atoms with van der Waals surface area (Å²) >= 11 is 0. The second kappa shape index (κ2) is 8.45. The summed E-state index contributed by atoms with van der Waals surface area (Å²) in [6.45, 7) is 3.06. The highest BCUT2D eigenvalue weighted by Gasteiger charge is 2.30. The molecule has 0 aliphatic carbocycles. The maximum Gasteiger partial charge on any atom is 0.225 e. The van der Waals surface area contributed by atoms with Crippen molar-refractivity contribution >= 4 is 11.8 Å². The molecule has 2 fully saturated rings.